The first-order valence-electron chi connectivity index (χ1n) is 6.16. The maximum Gasteiger partial charge on any atom is 0.176 e. The molecule has 4 heteroatoms. The van der Waals surface area contributed by atoms with Crippen molar-refractivity contribution in [1.82, 2.24) is 0 Å². The van der Waals surface area contributed by atoms with Crippen LogP contribution in [0.15, 0.2) is 41.3 Å². The molecule has 2 aromatic carbocycles. The number of hydrogen-bond donors (Lipinski definition) is 0. The van der Waals surface area contributed by atoms with Crippen molar-refractivity contribution in [1.29, 1.82) is 0 Å². The lowest BCUT2D eigenvalue weighted by atomic mass is 10.0. The molecule has 0 heterocycles. The predicted molar refractivity (Wildman–Crippen MR) is 82.4 cm³/mol. The molecule has 0 saturated heterocycles. The van der Waals surface area contributed by atoms with Crippen molar-refractivity contribution in [3.05, 3.63) is 63.9 Å². The first-order valence-corrected chi connectivity index (χ1v) is 7.52. The smallest absolute Gasteiger partial charge is 0.176 e. The molecule has 0 N–H and O–H groups in total. The van der Waals surface area contributed by atoms with Crippen molar-refractivity contribution >= 4 is 29.1 Å². The molecule has 0 bridgehead atoms. The van der Waals surface area contributed by atoms with Gasteiger partial charge in [0.15, 0.2) is 5.78 Å². The zero-order valence-electron chi connectivity index (χ0n) is 11.2. The summed E-state index contributed by atoms with van der Waals surface area (Å²) in [6, 6.07) is 10.5. The molecular weight excluding hydrogens is 295 g/mol. The van der Waals surface area contributed by atoms with Gasteiger partial charge >= 0.3 is 0 Å². The lowest BCUT2D eigenvalue weighted by Gasteiger charge is -2.08. The molecule has 0 radical (unpaired) electrons. The molecule has 0 spiro atoms. The maximum atomic E-state index is 13.9. The summed E-state index contributed by atoms with van der Waals surface area (Å²) in [5.41, 5.74) is 1.66. The van der Waals surface area contributed by atoms with E-state index in [0.717, 1.165) is 10.5 Å². The van der Waals surface area contributed by atoms with Crippen molar-refractivity contribution in [2.75, 3.05) is 5.75 Å². The number of aryl methyl sites for hydroxylation is 2. The molecule has 2 aromatic rings. The fourth-order valence-corrected chi connectivity index (χ4v) is 3.16. The largest absolute Gasteiger partial charge is 0.293 e. The lowest BCUT2D eigenvalue weighted by molar-refractivity contribution is 0.101. The van der Waals surface area contributed by atoms with E-state index in [0.29, 0.717) is 10.6 Å². The molecule has 0 fully saturated rings. The molecular formula is C16H14ClFOS. The summed E-state index contributed by atoms with van der Waals surface area (Å²) in [6.45, 7) is 3.56. The maximum absolute atomic E-state index is 13.9. The third-order valence-electron chi connectivity index (χ3n) is 2.91. The van der Waals surface area contributed by atoms with E-state index >= 15 is 0 Å². The molecule has 0 aromatic heterocycles. The second-order valence-electron chi connectivity index (χ2n) is 4.58. The first kappa shape index (κ1) is 15.1. The van der Waals surface area contributed by atoms with Gasteiger partial charge in [0, 0.05) is 4.90 Å². The van der Waals surface area contributed by atoms with Gasteiger partial charge in [-0.2, -0.15) is 0 Å². The minimum Gasteiger partial charge on any atom is -0.293 e. The summed E-state index contributed by atoms with van der Waals surface area (Å²) in [5, 5.41) is 0.603. The van der Waals surface area contributed by atoms with Gasteiger partial charge in [-0.3, -0.25) is 4.79 Å². The Hall–Kier alpha value is -1.32. The summed E-state index contributed by atoms with van der Waals surface area (Å²) < 4.78 is 13.9. The van der Waals surface area contributed by atoms with Gasteiger partial charge in [0.1, 0.15) is 5.82 Å². The predicted octanol–water partition coefficient (Wildman–Crippen LogP) is 5.07. The zero-order chi connectivity index (χ0) is 14.7. The fourth-order valence-electron chi connectivity index (χ4n) is 2.05. The Balaban J connectivity index is 2.16. The molecule has 0 saturated carbocycles. The molecule has 0 unspecified atom stereocenters. The van der Waals surface area contributed by atoms with Gasteiger partial charge < -0.3 is 0 Å². The van der Waals surface area contributed by atoms with Crippen LogP contribution in [-0.2, 0) is 0 Å². The van der Waals surface area contributed by atoms with Crippen molar-refractivity contribution in [3.63, 3.8) is 0 Å². The summed E-state index contributed by atoms with van der Waals surface area (Å²) in [5.74, 6) is -0.498. The Morgan fingerprint density at radius 1 is 1.25 bits per heavy atom. The third kappa shape index (κ3) is 3.41. The van der Waals surface area contributed by atoms with E-state index in [9.17, 15) is 9.18 Å². The quantitative estimate of drug-likeness (QED) is 0.579. The number of halogens is 2. The Morgan fingerprint density at radius 2 is 1.95 bits per heavy atom. The second kappa shape index (κ2) is 6.42. The van der Waals surface area contributed by atoms with E-state index in [4.69, 9.17) is 11.6 Å². The van der Waals surface area contributed by atoms with Gasteiger partial charge in [0.2, 0.25) is 0 Å². The highest BCUT2D eigenvalue weighted by Gasteiger charge is 2.16. The minimum atomic E-state index is -0.452. The lowest BCUT2D eigenvalue weighted by Crippen LogP contribution is -2.08. The monoisotopic (exact) mass is 308 g/mol. The van der Waals surface area contributed by atoms with Crippen LogP contribution in [0, 0.1) is 19.7 Å². The number of rotatable bonds is 4. The van der Waals surface area contributed by atoms with Gasteiger partial charge in [-0.15, -0.1) is 11.8 Å². The van der Waals surface area contributed by atoms with Crippen LogP contribution in [0.1, 0.15) is 21.5 Å². The van der Waals surface area contributed by atoms with Gasteiger partial charge in [-0.05, 0) is 43.2 Å². The molecule has 1 nitrogen and oxygen atoms in total. The molecule has 0 aliphatic rings. The Morgan fingerprint density at radius 3 is 2.60 bits per heavy atom. The van der Waals surface area contributed by atoms with Crippen LogP contribution in [0.3, 0.4) is 0 Å². The number of thioether (sulfide) groups is 1. The zero-order valence-corrected chi connectivity index (χ0v) is 12.8. The number of carbonyl (C=O) groups excluding carboxylic acids is 1. The Bertz CT molecular complexity index is 632. The fraction of sp³-hybridized carbons (Fsp3) is 0.188. The molecule has 0 aliphatic heterocycles. The van der Waals surface area contributed by atoms with Gasteiger partial charge in [0.25, 0.3) is 0 Å². The second-order valence-corrected chi connectivity index (χ2v) is 6.01. The van der Waals surface area contributed by atoms with E-state index in [1.165, 1.54) is 17.8 Å². The van der Waals surface area contributed by atoms with E-state index in [1.807, 2.05) is 31.2 Å². The highest BCUT2D eigenvalue weighted by Crippen LogP contribution is 2.28. The van der Waals surface area contributed by atoms with E-state index in [1.54, 1.807) is 13.0 Å². The van der Waals surface area contributed by atoms with Crippen LogP contribution in [-0.4, -0.2) is 11.5 Å². The van der Waals surface area contributed by atoms with Gasteiger partial charge in [0.05, 0.1) is 16.3 Å². The van der Waals surface area contributed by atoms with Crippen molar-refractivity contribution in [2.45, 2.75) is 18.7 Å². The van der Waals surface area contributed by atoms with Gasteiger partial charge in [-0.25, -0.2) is 4.39 Å². The van der Waals surface area contributed by atoms with Gasteiger partial charge in [-0.1, -0.05) is 29.8 Å². The highest BCUT2D eigenvalue weighted by molar-refractivity contribution is 8.00. The molecule has 0 atom stereocenters. The SMILES string of the molecule is Cc1cc(C)c(C(=O)CSc2ccccc2Cl)c(F)c1. The molecule has 0 amide bonds. The number of Topliss-reactive ketones (excluding diaryl/α,β-unsaturated/α-hetero) is 1. The Kier molecular flexibility index (Phi) is 4.84. The van der Waals surface area contributed by atoms with Crippen LogP contribution < -0.4 is 0 Å². The van der Waals surface area contributed by atoms with E-state index in [2.05, 4.69) is 0 Å². The molecule has 20 heavy (non-hydrogen) atoms. The molecule has 104 valence electrons. The van der Waals surface area contributed by atoms with E-state index in [-0.39, 0.29) is 17.1 Å². The number of hydrogen-bond acceptors (Lipinski definition) is 2. The van der Waals surface area contributed by atoms with E-state index < -0.39 is 5.82 Å². The normalized spacial score (nSPS) is 10.6. The summed E-state index contributed by atoms with van der Waals surface area (Å²) >= 11 is 7.35. The summed E-state index contributed by atoms with van der Waals surface area (Å²) in [6.07, 6.45) is 0. The highest BCUT2D eigenvalue weighted by atomic mass is 35.5. The number of benzene rings is 2. The average Bonchev–Trinajstić information content (AvgIpc) is 2.36. The van der Waals surface area contributed by atoms with Crippen LogP contribution in [0.4, 0.5) is 4.39 Å². The summed E-state index contributed by atoms with van der Waals surface area (Å²) in [4.78, 5) is 13.0. The first-order chi connectivity index (χ1) is 9.49. The van der Waals surface area contributed by atoms with Crippen molar-refractivity contribution in [3.8, 4) is 0 Å². The van der Waals surface area contributed by atoms with Crippen molar-refractivity contribution in [2.24, 2.45) is 0 Å². The molecule has 2 rings (SSSR count). The third-order valence-corrected chi connectivity index (χ3v) is 4.42. The van der Waals surface area contributed by atoms with Crippen molar-refractivity contribution < 1.29 is 9.18 Å². The van der Waals surface area contributed by atoms with Crippen LogP contribution in [0.25, 0.3) is 0 Å². The van der Waals surface area contributed by atoms with Crippen LogP contribution in [0.2, 0.25) is 5.02 Å². The summed E-state index contributed by atoms with van der Waals surface area (Å²) in [7, 11) is 0. The average molecular weight is 309 g/mol. The van der Waals surface area contributed by atoms with Crippen LogP contribution >= 0.6 is 23.4 Å². The number of carbonyl (C=O) groups is 1. The minimum absolute atomic E-state index is 0.171. The number of ketones is 1. The Labute approximate surface area is 127 Å². The standard InChI is InChI=1S/C16H14ClFOS/c1-10-7-11(2)16(13(18)8-10)14(19)9-20-15-6-4-3-5-12(15)17/h3-8H,9H2,1-2H3. The van der Waals surface area contributed by atoms with Crippen LogP contribution in [0.5, 0.6) is 0 Å². The molecule has 0 aliphatic carbocycles. The topological polar surface area (TPSA) is 17.1 Å².